The van der Waals surface area contributed by atoms with Crippen LogP contribution in [0.1, 0.15) is 0 Å². The number of aromatic nitrogens is 2. The van der Waals surface area contributed by atoms with Crippen LogP contribution < -0.4 is 4.57 Å². The Kier molecular flexibility index (Phi) is 3.60. The summed E-state index contributed by atoms with van der Waals surface area (Å²) in [6.45, 7) is 0. The van der Waals surface area contributed by atoms with Crippen molar-refractivity contribution in [2.45, 2.75) is 0 Å². The Morgan fingerprint density at radius 1 is 0.833 bits per heavy atom. The number of phenols is 1. The Bertz CT molecular complexity index is 974. The van der Waals surface area contributed by atoms with Gasteiger partial charge in [0, 0.05) is 18.0 Å². The number of para-hydroxylation sites is 2. The lowest BCUT2D eigenvalue weighted by Gasteiger charge is -2.07. The Labute approximate surface area is 140 Å². The lowest BCUT2D eigenvalue weighted by atomic mass is 10.0. The molecule has 4 rings (SSSR count). The molecule has 0 atom stereocenters. The van der Waals surface area contributed by atoms with E-state index in [-0.39, 0.29) is 5.75 Å². The van der Waals surface area contributed by atoms with Gasteiger partial charge in [-0.3, -0.25) is 9.13 Å². The number of phenolic OH excluding ortho intramolecular Hbond substituents is 1. The molecule has 3 nitrogen and oxygen atoms in total. The third-order valence-electron chi connectivity index (χ3n) is 3.95. The van der Waals surface area contributed by atoms with Gasteiger partial charge in [-0.25, -0.2) is 0 Å². The second kappa shape index (κ2) is 6.05. The predicted octanol–water partition coefficient (Wildman–Crippen LogP) is 3.93. The number of nitrogens with zero attached hydrogens (tertiary/aromatic N) is 2. The molecule has 0 saturated heterocycles. The molecule has 1 heterocycles. The third kappa shape index (κ3) is 2.68. The van der Waals surface area contributed by atoms with Crippen molar-refractivity contribution in [3.8, 4) is 28.3 Å². The van der Waals surface area contributed by atoms with Crippen molar-refractivity contribution in [1.82, 2.24) is 4.57 Å². The quantitative estimate of drug-likeness (QED) is 0.451. The van der Waals surface area contributed by atoms with Crippen LogP contribution in [0.2, 0.25) is 0 Å². The summed E-state index contributed by atoms with van der Waals surface area (Å²) >= 11 is 0. The lowest BCUT2D eigenvalue weighted by Crippen LogP contribution is -2.28. The van der Waals surface area contributed by atoms with E-state index in [4.69, 9.17) is 0 Å². The Morgan fingerprint density at radius 3 is 2.46 bits per heavy atom. The fourth-order valence-electron chi connectivity index (χ4n) is 2.73. The molecule has 0 unspecified atom stereocenters. The van der Waals surface area contributed by atoms with E-state index in [9.17, 15) is 5.11 Å². The molecule has 0 aliphatic carbocycles. The zero-order valence-corrected chi connectivity index (χ0v) is 13.0. The van der Waals surface area contributed by atoms with Crippen molar-refractivity contribution < 1.29 is 9.67 Å². The van der Waals surface area contributed by atoms with E-state index in [2.05, 4.69) is 6.33 Å². The summed E-state index contributed by atoms with van der Waals surface area (Å²) in [5.41, 5.74) is 3.85. The topological polar surface area (TPSA) is 29.0 Å². The Balaban J connectivity index is 1.72. The zero-order chi connectivity index (χ0) is 16.4. The Morgan fingerprint density at radius 2 is 1.62 bits per heavy atom. The van der Waals surface area contributed by atoms with Crippen molar-refractivity contribution in [2.24, 2.45) is 0 Å². The second-order valence-electron chi connectivity index (χ2n) is 5.54. The summed E-state index contributed by atoms with van der Waals surface area (Å²) < 4.78 is 3.89. The minimum atomic E-state index is 0.283. The smallest absolute Gasteiger partial charge is 0.268 e. The minimum Gasteiger partial charge on any atom is -0.507 e. The van der Waals surface area contributed by atoms with E-state index in [1.807, 2.05) is 94.3 Å². The van der Waals surface area contributed by atoms with Crippen molar-refractivity contribution in [2.75, 3.05) is 0 Å². The van der Waals surface area contributed by atoms with E-state index < -0.39 is 0 Å². The molecule has 0 aliphatic rings. The highest BCUT2D eigenvalue weighted by molar-refractivity contribution is 5.71. The molecule has 4 aromatic rings. The fourth-order valence-corrected chi connectivity index (χ4v) is 2.73. The Hall–Kier alpha value is -3.33. The van der Waals surface area contributed by atoms with Crippen molar-refractivity contribution in [1.29, 1.82) is 0 Å². The van der Waals surface area contributed by atoms with E-state index in [0.29, 0.717) is 0 Å². The highest BCUT2D eigenvalue weighted by Crippen LogP contribution is 2.28. The van der Waals surface area contributed by atoms with Crippen LogP contribution in [-0.4, -0.2) is 9.67 Å². The standard InChI is InChI=1S/C21H16N2O/c24-21-12-5-4-11-20(21)17-7-6-10-19(15-17)23-14-13-22(16-23)18-8-2-1-3-9-18/h1-15,24H. The summed E-state index contributed by atoms with van der Waals surface area (Å²) in [6, 6.07) is 25.5. The van der Waals surface area contributed by atoms with Crippen LogP contribution in [0.4, 0.5) is 0 Å². The van der Waals surface area contributed by atoms with Gasteiger partial charge in [0.25, 0.3) is 6.33 Å². The SMILES string of the molecule is Oc1ccccc1-c1cccc(-[n+]2[c-]n(-c3ccccc3)cc2)c1. The van der Waals surface area contributed by atoms with Gasteiger partial charge >= 0.3 is 0 Å². The first kappa shape index (κ1) is 14.3. The first-order valence-corrected chi connectivity index (χ1v) is 7.78. The molecule has 0 bridgehead atoms. The van der Waals surface area contributed by atoms with E-state index in [1.54, 1.807) is 6.07 Å². The lowest BCUT2D eigenvalue weighted by molar-refractivity contribution is -0.599. The number of hydrogen-bond acceptors (Lipinski definition) is 1. The van der Waals surface area contributed by atoms with Gasteiger partial charge in [-0.15, -0.1) is 0 Å². The average Bonchev–Trinajstić information content (AvgIpc) is 3.13. The summed E-state index contributed by atoms with van der Waals surface area (Å²) in [7, 11) is 0. The summed E-state index contributed by atoms with van der Waals surface area (Å²) in [6.07, 6.45) is 7.25. The first-order chi connectivity index (χ1) is 11.8. The second-order valence-corrected chi connectivity index (χ2v) is 5.54. The van der Waals surface area contributed by atoms with Gasteiger partial charge in [-0.05, 0) is 35.9 Å². The number of rotatable bonds is 3. The first-order valence-electron chi connectivity index (χ1n) is 7.78. The highest BCUT2D eigenvalue weighted by atomic mass is 16.3. The summed E-state index contributed by atoms with van der Waals surface area (Å²) in [5.74, 6) is 0.283. The summed E-state index contributed by atoms with van der Waals surface area (Å²) in [4.78, 5) is 0. The molecule has 1 aromatic heterocycles. The molecular weight excluding hydrogens is 296 g/mol. The maximum Gasteiger partial charge on any atom is 0.268 e. The molecule has 3 aromatic carbocycles. The zero-order valence-electron chi connectivity index (χ0n) is 13.0. The maximum absolute atomic E-state index is 10.1. The van der Waals surface area contributed by atoms with E-state index in [1.165, 1.54) is 0 Å². The van der Waals surface area contributed by atoms with Gasteiger partial charge in [-0.1, -0.05) is 48.5 Å². The van der Waals surface area contributed by atoms with Crippen LogP contribution in [0.5, 0.6) is 5.75 Å². The monoisotopic (exact) mass is 312 g/mol. The van der Waals surface area contributed by atoms with Gasteiger partial charge in [0.15, 0.2) is 0 Å². The number of imidazole rings is 1. The molecule has 3 heteroatoms. The normalized spacial score (nSPS) is 10.7. The van der Waals surface area contributed by atoms with E-state index in [0.717, 1.165) is 22.5 Å². The van der Waals surface area contributed by atoms with Crippen LogP contribution >= 0.6 is 0 Å². The van der Waals surface area contributed by atoms with Crippen molar-refractivity contribution >= 4 is 0 Å². The summed E-state index contributed by atoms with van der Waals surface area (Å²) in [5, 5.41) is 10.1. The highest BCUT2D eigenvalue weighted by Gasteiger charge is 2.06. The molecule has 0 aliphatic heterocycles. The molecule has 0 spiro atoms. The van der Waals surface area contributed by atoms with Gasteiger partial charge in [0.1, 0.15) is 5.75 Å². The van der Waals surface area contributed by atoms with E-state index >= 15 is 0 Å². The predicted molar refractivity (Wildman–Crippen MR) is 93.2 cm³/mol. The number of benzene rings is 3. The molecular formula is C21H16N2O. The maximum atomic E-state index is 10.1. The van der Waals surface area contributed by atoms with Crippen molar-refractivity contribution in [3.63, 3.8) is 0 Å². The minimum absolute atomic E-state index is 0.283. The third-order valence-corrected chi connectivity index (χ3v) is 3.95. The van der Waals surface area contributed by atoms with Gasteiger partial charge in [-0.2, -0.15) is 0 Å². The van der Waals surface area contributed by atoms with Crippen LogP contribution in [0.15, 0.2) is 91.3 Å². The number of aromatic hydroxyl groups is 1. The number of hydrogen-bond donors (Lipinski definition) is 1. The van der Waals surface area contributed by atoms with Gasteiger partial charge < -0.3 is 5.11 Å². The fraction of sp³-hybridized carbons (Fsp3) is 0. The molecule has 0 radical (unpaired) electrons. The van der Waals surface area contributed by atoms with Gasteiger partial charge in [0.05, 0.1) is 11.4 Å². The van der Waals surface area contributed by atoms with Gasteiger partial charge in [0.2, 0.25) is 0 Å². The molecule has 24 heavy (non-hydrogen) atoms. The van der Waals surface area contributed by atoms with Crippen LogP contribution in [0.25, 0.3) is 22.5 Å². The van der Waals surface area contributed by atoms with Crippen LogP contribution in [0.3, 0.4) is 0 Å². The van der Waals surface area contributed by atoms with Crippen LogP contribution in [-0.2, 0) is 0 Å². The molecule has 116 valence electrons. The largest absolute Gasteiger partial charge is 0.507 e. The molecule has 0 fully saturated rings. The molecule has 0 saturated carbocycles. The molecule has 1 N–H and O–H groups in total. The average molecular weight is 312 g/mol. The molecule has 0 amide bonds. The van der Waals surface area contributed by atoms with Crippen molar-refractivity contribution in [3.05, 3.63) is 97.6 Å². The van der Waals surface area contributed by atoms with Crippen LogP contribution in [0, 0.1) is 6.33 Å².